The number of phenolic OH excluding ortho intramolecular Hbond substituents is 1. The fraction of sp³-hybridized carbons (Fsp3) is 0.333. The van der Waals surface area contributed by atoms with Crippen LogP contribution in [0.1, 0.15) is 37.7 Å². The lowest BCUT2D eigenvalue weighted by Gasteiger charge is -2.29. The number of aromatic hydroxyl groups is 1. The molecule has 0 aliphatic carbocycles. The summed E-state index contributed by atoms with van der Waals surface area (Å²) < 4.78 is 0. The Morgan fingerprint density at radius 1 is 1.17 bits per heavy atom. The van der Waals surface area contributed by atoms with Gasteiger partial charge < -0.3 is 10.1 Å². The van der Waals surface area contributed by atoms with E-state index in [0.29, 0.717) is 11.8 Å². The normalized spacial score (nSPS) is 14.5. The highest BCUT2D eigenvalue weighted by atomic mass is 16.3. The summed E-state index contributed by atoms with van der Waals surface area (Å²) in [6.07, 6.45) is 1.83. The second-order valence-electron chi connectivity index (χ2n) is 8.35. The Bertz CT molecular complexity index is 1220. The van der Waals surface area contributed by atoms with E-state index < -0.39 is 0 Å². The van der Waals surface area contributed by atoms with Crippen LogP contribution in [0.5, 0.6) is 5.75 Å². The lowest BCUT2D eigenvalue weighted by Crippen LogP contribution is -2.35. The quantitative estimate of drug-likeness (QED) is 0.465. The first kappa shape index (κ1) is 18.9. The molecule has 0 bridgehead atoms. The summed E-state index contributed by atoms with van der Waals surface area (Å²) in [6.45, 7) is 8.53. The van der Waals surface area contributed by atoms with Crippen LogP contribution in [-0.2, 0) is 19.4 Å². The fourth-order valence-corrected chi connectivity index (χ4v) is 4.39. The molecule has 0 unspecified atom stereocenters. The second-order valence-corrected chi connectivity index (χ2v) is 8.35. The Hall–Kier alpha value is -3.12. The number of aromatic nitrogens is 4. The van der Waals surface area contributed by atoms with E-state index >= 15 is 0 Å². The van der Waals surface area contributed by atoms with Crippen molar-refractivity contribution in [3.8, 4) is 28.4 Å². The first-order chi connectivity index (χ1) is 14.5. The number of benzene rings is 2. The lowest BCUT2D eigenvalue weighted by atomic mass is 9.97. The van der Waals surface area contributed by atoms with E-state index in [1.807, 2.05) is 12.1 Å². The zero-order chi connectivity index (χ0) is 20.8. The number of rotatable bonds is 4. The van der Waals surface area contributed by atoms with Crippen molar-refractivity contribution in [1.29, 1.82) is 0 Å². The van der Waals surface area contributed by atoms with E-state index in [9.17, 15) is 5.11 Å². The van der Waals surface area contributed by atoms with E-state index in [2.05, 4.69) is 59.1 Å². The largest absolute Gasteiger partial charge is 0.508 e. The molecule has 0 amide bonds. The van der Waals surface area contributed by atoms with Gasteiger partial charge in [0.1, 0.15) is 11.4 Å². The first-order valence-electron chi connectivity index (χ1n) is 10.7. The lowest BCUT2D eigenvalue weighted by molar-refractivity contribution is 0.200. The maximum atomic E-state index is 9.80. The number of H-pyrrole nitrogens is 2. The Balaban J connectivity index is 1.51. The van der Waals surface area contributed by atoms with Gasteiger partial charge in [0.25, 0.3) is 0 Å². The van der Waals surface area contributed by atoms with Gasteiger partial charge in [0.2, 0.25) is 0 Å². The predicted molar refractivity (Wildman–Crippen MR) is 119 cm³/mol. The molecule has 6 heteroatoms. The topological polar surface area (TPSA) is 80.8 Å². The van der Waals surface area contributed by atoms with E-state index in [4.69, 9.17) is 4.98 Å². The van der Waals surface area contributed by atoms with Crippen molar-refractivity contribution in [3.63, 3.8) is 0 Å². The number of nitrogens with zero attached hydrogens (tertiary/aromatic N) is 3. The van der Waals surface area contributed by atoms with Crippen LogP contribution in [0.2, 0.25) is 0 Å². The Morgan fingerprint density at radius 3 is 2.83 bits per heavy atom. The monoisotopic (exact) mass is 401 g/mol. The second kappa shape index (κ2) is 7.29. The molecule has 3 N–H and O–H groups in total. The number of phenols is 1. The van der Waals surface area contributed by atoms with Crippen LogP contribution in [0.3, 0.4) is 0 Å². The average molecular weight is 402 g/mol. The molecule has 6 nitrogen and oxygen atoms in total. The van der Waals surface area contributed by atoms with Gasteiger partial charge in [-0.3, -0.25) is 10.00 Å². The number of imidazole rings is 1. The van der Waals surface area contributed by atoms with Gasteiger partial charge in [0.15, 0.2) is 5.82 Å². The maximum Gasteiger partial charge on any atom is 0.159 e. The maximum absolute atomic E-state index is 9.80. The minimum atomic E-state index is 0.304. The van der Waals surface area contributed by atoms with Crippen LogP contribution >= 0.6 is 0 Å². The smallest absolute Gasteiger partial charge is 0.159 e. The minimum Gasteiger partial charge on any atom is -0.508 e. The summed E-state index contributed by atoms with van der Waals surface area (Å²) in [6, 6.07) is 12.4. The summed E-state index contributed by atoms with van der Waals surface area (Å²) in [7, 11) is 0. The molecular formula is C24H27N5O. The van der Waals surface area contributed by atoms with Crippen molar-refractivity contribution in [2.45, 2.75) is 46.2 Å². The zero-order valence-electron chi connectivity index (χ0n) is 17.7. The summed E-state index contributed by atoms with van der Waals surface area (Å²) in [4.78, 5) is 10.8. The number of nitrogens with one attached hydrogen (secondary N) is 2. The van der Waals surface area contributed by atoms with Gasteiger partial charge in [-0.15, -0.1) is 0 Å². The number of fused-ring (bicyclic) bond motifs is 2. The third-order valence-electron chi connectivity index (χ3n) is 6.16. The van der Waals surface area contributed by atoms with Crippen molar-refractivity contribution < 1.29 is 5.11 Å². The van der Waals surface area contributed by atoms with Crippen molar-refractivity contribution in [1.82, 2.24) is 25.1 Å². The summed E-state index contributed by atoms with van der Waals surface area (Å²) in [5.74, 6) is 1.14. The number of aromatic amines is 2. The third kappa shape index (κ3) is 3.17. The van der Waals surface area contributed by atoms with Crippen molar-refractivity contribution in [3.05, 3.63) is 53.3 Å². The number of hydrogen-bond donors (Lipinski definition) is 3. The molecule has 4 aromatic rings. The van der Waals surface area contributed by atoms with E-state index in [0.717, 1.165) is 70.7 Å². The summed E-state index contributed by atoms with van der Waals surface area (Å²) >= 11 is 0. The zero-order valence-corrected chi connectivity index (χ0v) is 17.7. The molecular weight excluding hydrogens is 374 g/mol. The van der Waals surface area contributed by atoms with Gasteiger partial charge in [-0.05, 0) is 61.2 Å². The Kier molecular flexibility index (Phi) is 4.59. The average Bonchev–Trinajstić information content (AvgIpc) is 3.36. The molecule has 1 aliphatic heterocycles. The van der Waals surface area contributed by atoms with Crippen LogP contribution in [-0.4, -0.2) is 42.8 Å². The van der Waals surface area contributed by atoms with Crippen molar-refractivity contribution in [2.75, 3.05) is 6.54 Å². The molecule has 0 spiro atoms. The molecule has 0 saturated heterocycles. The highest BCUT2D eigenvalue weighted by Crippen LogP contribution is 2.33. The predicted octanol–water partition coefficient (Wildman–Crippen LogP) is 4.65. The van der Waals surface area contributed by atoms with Crippen LogP contribution in [0.25, 0.3) is 33.5 Å². The Labute approximate surface area is 176 Å². The van der Waals surface area contributed by atoms with Gasteiger partial charge in [0, 0.05) is 30.9 Å². The molecule has 1 aliphatic rings. The van der Waals surface area contributed by atoms with Gasteiger partial charge in [0.05, 0.1) is 16.9 Å². The molecule has 0 saturated carbocycles. The molecule has 2 aromatic carbocycles. The molecule has 3 heterocycles. The van der Waals surface area contributed by atoms with Gasteiger partial charge in [-0.25, -0.2) is 4.98 Å². The molecule has 5 rings (SSSR count). The highest BCUT2D eigenvalue weighted by Gasteiger charge is 2.23. The van der Waals surface area contributed by atoms with E-state index in [1.54, 1.807) is 6.07 Å². The fourth-order valence-electron chi connectivity index (χ4n) is 4.39. The highest BCUT2D eigenvalue weighted by molar-refractivity contribution is 5.94. The van der Waals surface area contributed by atoms with Gasteiger partial charge >= 0.3 is 0 Å². The molecule has 30 heavy (non-hydrogen) atoms. The van der Waals surface area contributed by atoms with Crippen LogP contribution in [0, 0.1) is 0 Å². The molecule has 154 valence electrons. The molecule has 0 atom stereocenters. The van der Waals surface area contributed by atoms with Crippen molar-refractivity contribution in [2.24, 2.45) is 0 Å². The van der Waals surface area contributed by atoms with E-state index in [1.165, 1.54) is 5.69 Å². The van der Waals surface area contributed by atoms with Crippen LogP contribution < -0.4 is 0 Å². The Morgan fingerprint density at radius 2 is 2.03 bits per heavy atom. The summed E-state index contributed by atoms with van der Waals surface area (Å²) in [5.41, 5.74) is 7.58. The number of hydrogen-bond acceptors (Lipinski definition) is 4. The SMILES string of the molecule is CCc1cc(O)ccc1-c1ccc2c(-c3nc4c([nH]3)CN(C(C)C)CC4)n[nH]c2c1. The van der Waals surface area contributed by atoms with Crippen molar-refractivity contribution >= 4 is 10.9 Å². The van der Waals surface area contributed by atoms with Gasteiger partial charge in [-0.2, -0.15) is 5.10 Å². The van der Waals surface area contributed by atoms with Gasteiger partial charge in [-0.1, -0.05) is 19.1 Å². The van der Waals surface area contributed by atoms with Crippen LogP contribution in [0.4, 0.5) is 0 Å². The number of aryl methyl sites for hydroxylation is 1. The minimum absolute atomic E-state index is 0.304. The standard InChI is InChI=1S/C24H27N5O/c1-4-15-11-17(30)6-8-18(15)16-5-7-19-21(12-16)27-28-23(19)24-25-20-9-10-29(14(2)3)13-22(20)26-24/h5-8,11-12,14,30H,4,9-10,13H2,1-3H3,(H,25,26)(H,27,28). The molecule has 2 aromatic heterocycles. The first-order valence-corrected chi connectivity index (χ1v) is 10.7. The van der Waals surface area contributed by atoms with E-state index in [-0.39, 0.29) is 0 Å². The molecule has 0 radical (unpaired) electrons. The molecule has 0 fully saturated rings. The van der Waals surface area contributed by atoms with Crippen LogP contribution in [0.15, 0.2) is 36.4 Å². The summed E-state index contributed by atoms with van der Waals surface area (Å²) in [5, 5.41) is 18.6. The third-order valence-corrected chi connectivity index (χ3v) is 6.16.